The molecule has 0 N–H and O–H groups in total. The second kappa shape index (κ2) is 9.47. The lowest BCUT2D eigenvalue weighted by molar-refractivity contribution is 0.815. The summed E-state index contributed by atoms with van der Waals surface area (Å²) in [6, 6.07) is 37.7. The van der Waals surface area contributed by atoms with Crippen LogP contribution in [0, 0.1) is 6.92 Å². The highest BCUT2D eigenvalue weighted by atomic mass is 15.1. The first-order valence-electron chi connectivity index (χ1n) is 14.1. The summed E-state index contributed by atoms with van der Waals surface area (Å²) in [5.74, 6) is 0. The molecule has 5 aromatic carbocycles. The van der Waals surface area contributed by atoms with E-state index >= 15 is 0 Å². The Balaban J connectivity index is 1.37. The first-order chi connectivity index (χ1) is 19.1. The molecule has 0 unspecified atom stereocenters. The van der Waals surface area contributed by atoms with Gasteiger partial charge in [0, 0.05) is 48.5 Å². The monoisotopic (exact) mass is 506 g/mol. The Hall–Kier alpha value is -4.30. The van der Waals surface area contributed by atoms with E-state index in [4.69, 9.17) is 0 Å². The Morgan fingerprint density at radius 1 is 0.692 bits per heavy atom. The minimum atomic E-state index is 0.891. The highest BCUT2D eigenvalue weighted by molar-refractivity contribution is 6.11. The summed E-state index contributed by atoms with van der Waals surface area (Å²) in [4.78, 5) is 2.42. The number of hydrogen-bond donors (Lipinski definition) is 0. The Morgan fingerprint density at radius 2 is 1.31 bits per heavy atom. The zero-order valence-electron chi connectivity index (χ0n) is 23.0. The van der Waals surface area contributed by atoms with E-state index in [1.165, 1.54) is 72.0 Å². The first kappa shape index (κ1) is 23.8. The molecule has 0 aliphatic heterocycles. The molecule has 0 saturated carbocycles. The van der Waals surface area contributed by atoms with Crippen molar-refractivity contribution in [2.75, 3.05) is 11.9 Å². The maximum Gasteiger partial charge on any atom is 0.0533 e. The van der Waals surface area contributed by atoms with Crippen LogP contribution in [-0.2, 0) is 25.9 Å². The van der Waals surface area contributed by atoms with E-state index in [0.717, 1.165) is 25.9 Å². The van der Waals surface area contributed by atoms with Gasteiger partial charge in [0.2, 0.25) is 0 Å². The van der Waals surface area contributed by atoms with Gasteiger partial charge >= 0.3 is 0 Å². The normalized spacial score (nSPS) is 12.5. The van der Waals surface area contributed by atoms with Gasteiger partial charge in [0.1, 0.15) is 0 Å². The van der Waals surface area contributed by atoms with Crippen LogP contribution in [0.1, 0.15) is 40.3 Å². The van der Waals surface area contributed by atoms with Gasteiger partial charge in [-0.1, -0.05) is 84.9 Å². The van der Waals surface area contributed by atoms with Gasteiger partial charge in [-0.15, -0.1) is 0 Å². The molecule has 0 atom stereocenters. The van der Waals surface area contributed by atoms with Gasteiger partial charge in [-0.3, -0.25) is 0 Å². The zero-order chi connectivity index (χ0) is 26.5. The van der Waals surface area contributed by atoms with Crippen molar-refractivity contribution in [1.29, 1.82) is 0 Å². The molecule has 0 fully saturated rings. The molecule has 2 heteroatoms. The van der Waals surface area contributed by atoms with Crippen molar-refractivity contribution in [1.82, 2.24) is 4.57 Å². The number of aromatic nitrogens is 1. The molecule has 1 aliphatic rings. The van der Waals surface area contributed by atoms with Gasteiger partial charge in [0.05, 0.1) is 5.52 Å². The largest absolute Gasteiger partial charge is 0.370 e. The molecule has 0 bridgehead atoms. The molecule has 1 heterocycles. The summed E-state index contributed by atoms with van der Waals surface area (Å²) in [6.07, 6.45) is 2.00. The average Bonchev–Trinajstić information content (AvgIpc) is 3.33. The third-order valence-electron chi connectivity index (χ3n) is 8.79. The molecule has 7 rings (SSSR count). The number of para-hydroxylation sites is 1. The number of aryl methyl sites for hydroxylation is 2. The Bertz CT molecular complexity index is 1820. The zero-order valence-corrected chi connectivity index (χ0v) is 23.0. The molecule has 0 radical (unpaired) electrons. The van der Waals surface area contributed by atoms with Crippen molar-refractivity contribution in [3.05, 3.63) is 137 Å². The quantitative estimate of drug-likeness (QED) is 0.226. The van der Waals surface area contributed by atoms with Crippen molar-refractivity contribution in [3.63, 3.8) is 0 Å². The maximum absolute atomic E-state index is 2.56. The van der Waals surface area contributed by atoms with Gasteiger partial charge < -0.3 is 9.47 Å². The first-order valence-corrected chi connectivity index (χ1v) is 14.1. The topological polar surface area (TPSA) is 8.17 Å². The number of anilines is 1. The van der Waals surface area contributed by atoms with Crippen LogP contribution in [0.3, 0.4) is 0 Å². The number of fused-ring (bicyclic) bond motifs is 6. The summed E-state index contributed by atoms with van der Waals surface area (Å²) in [6.45, 7) is 6.51. The third-order valence-corrected chi connectivity index (χ3v) is 8.79. The van der Waals surface area contributed by atoms with E-state index in [2.05, 4.69) is 133 Å². The Labute approximate surface area is 231 Å². The van der Waals surface area contributed by atoms with Gasteiger partial charge in [0.15, 0.2) is 0 Å². The summed E-state index contributed by atoms with van der Waals surface area (Å²) in [5, 5.41) is 2.82. The number of benzene rings is 5. The van der Waals surface area contributed by atoms with Crippen LogP contribution >= 0.6 is 0 Å². The SMILES string of the molecule is CCn1c2ccccc2c2c(C)c(CN(C)c3ccc(-c4ccccc4)cc3)c3c(c21)Cc1ccccc1C3. The molecular formula is C37H34N2. The summed E-state index contributed by atoms with van der Waals surface area (Å²) in [7, 11) is 2.24. The van der Waals surface area contributed by atoms with Crippen LogP contribution in [-0.4, -0.2) is 11.6 Å². The standard InChI is InChI=1S/C37H34N2/c1-4-39-35-17-11-10-16-31(35)36-25(2)34(32-22-28-14-8-9-15-29(28)23-33(32)37(36)39)24-38(3)30-20-18-27(19-21-30)26-12-6-5-7-13-26/h5-21H,4,22-24H2,1-3H3. The van der Waals surface area contributed by atoms with Crippen molar-refractivity contribution in [2.24, 2.45) is 0 Å². The predicted molar refractivity (Wildman–Crippen MR) is 166 cm³/mol. The lowest BCUT2D eigenvalue weighted by Crippen LogP contribution is -2.21. The molecule has 0 spiro atoms. The minimum absolute atomic E-state index is 0.891. The van der Waals surface area contributed by atoms with E-state index in [1.807, 2.05) is 0 Å². The van der Waals surface area contributed by atoms with E-state index in [1.54, 1.807) is 0 Å². The van der Waals surface area contributed by atoms with Gasteiger partial charge in [-0.05, 0) is 83.0 Å². The summed E-state index contributed by atoms with van der Waals surface area (Å²) < 4.78 is 2.56. The fraction of sp³-hybridized carbons (Fsp3) is 0.189. The third kappa shape index (κ3) is 3.86. The Morgan fingerprint density at radius 3 is 2.03 bits per heavy atom. The van der Waals surface area contributed by atoms with Gasteiger partial charge in [0.25, 0.3) is 0 Å². The number of hydrogen-bond acceptors (Lipinski definition) is 1. The lowest BCUT2D eigenvalue weighted by Gasteiger charge is -2.29. The number of rotatable bonds is 5. The average molecular weight is 507 g/mol. The molecule has 1 aromatic heterocycles. The molecule has 192 valence electrons. The lowest BCUT2D eigenvalue weighted by atomic mass is 9.80. The highest BCUT2D eigenvalue weighted by Gasteiger charge is 2.27. The van der Waals surface area contributed by atoms with Crippen LogP contribution < -0.4 is 4.90 Å². The Kier molecular flexibility index (Phi) is 5.77. The summed E-state index contributed by atoms with van der Waals surface area (Å²) >= 11 is 0. The smallest absolute Gasteiger partial charge is 0.0533 e. The summed E-state index contributed by atoms with van der Waals surface area (Å²) in [5.41, 5.74) is 15.5. The molecule has 0 saturated heterocycles. The molecule has 39 heavy (non-hydrogen) atoms. The van der Waals surface area contributed by atoms with Gasteiger partial charge in [-0.25, -0.2) is 0 Å². The van der Waals surface area contributed by atoms with E-state index in [0.29, 0.717) is 0 Å². The maximum atomic E-state index is 2.56. The van der Waals surface area contributed by atoms with E-state index in [-0.39, 0.29) is 0 Å². The van der Waals surface area contributed by atoms with E-state index in [9.17, 15) is 0 Å². The van der Waals surface area contributed by atoms with Crippen LogP contribution in [0.15, 0.2) is 103 Å². The molecule has 1 aliphatic carbocycles. The second-order valence-electron chi connectivity index (χ2n) is 10.9. The van der Waals surface area contributed by atoms with Crippen LogP contribution in [0.2, 0.25) is 0 Å². The van der Waals surface area contributed by atoms with Crippen LogP contribution in [0.4, 0.5) is 5.69 Å². The highest BCUT2D eigenvalue weighted by Crippen LogP contribution is 2.42. The molecule has 2 nitrogen and oxygen atoms in total. The fourth-order valence-corrected chi connectivity index (χ4v) is 6.80. The van der Waals surface area contributed by atoms with Crippen molar-refractivity contribution in [2.45, 2.75) is 39.8 Å². The van der Waals surface area contributed by atoms with Crippen molar-refractivity contribution < 1.29 is 0 Å². The fourth-order valence-electron chi connectivity index (χ4n) is 6.80. The molecular weight excluding hydrogens is 472 g/mol. The van der Waals surface area contributed by atoms with Crippen molar-refractivity contribution in [3.8, 4) is 11.1 Å². The predicted octanol–water partition coefficient (Wildman–Crippen LogP) is 8.92. The van der Waals surface area contributed by atoms with Crippen LogP contribution in [0.5, 0.6) is 0 Å². The molecule has 0 amide bonds. The number of nitrogens with zero attached hydrogens (tertiary/aromatic N) is 2. The van der Waals surface area contributed by atoms with Crippen molar-refractivity contribution >= 4 is 27.5 Å². The van der Waals surface area contributed by atoms with E-state index < -0.39 is 0 Å². The molecule has 6 aromatic rings. The van der Waals surface area contributed by atoms with Crippen LogP contribution in [0.25, 0.3) is 32.9 Å². The van der Waals surface area contributed by atoms with Gasteiger partial charge in [-0.2, -0.15) is 0 Å². The second-order valence-corrected chi connectivity index (χ2v) is 10.9. The minimum Gasteiger partial charge on any atom is -0.370 e.